The summed E-state index contributed by atoms with van der Waals surface area (Å²) in [6.45, 7) is 4.25. The molecule has 0 spiro atoms. The van der Waals surface area contributed by atoms with Crippen LogP contribution in [0.1, 0.15) is 27.7 Å². The van der Waals surface area contributed by atoms with E-state index in [4.69, 9.17) is 5.11 Å². The lowest BCUT2D eigenvalue weighted by Gasteiger charge is -2.47. The molecule has 0 aliphatic heterocycles. The lowest BCUT2D eigenvalue weighted by molar-refractivity contribution is -0.255. The minimum Gasteiger partial charge on any atom is -0.391 e. The number of hydrogen-bond donors (Lipinski definition) is 5. The van der Waals surface area contributed by atoms with Gasteiger partial charge in [-0.2, -0.15) is 0 Å². The molecule has 0 aromatic heterocycles. The first-order valence-corrected chi connectivity index (χ1v) is 4.91. The molecule has 0 aliphatic carbocycles. The number of aliphatic hydroxyl groups excluding tert-OH is 2. The summed E-state index contributed by atoms with van der Waals surface area (Å²) < 4.78 is 0. The van der Waals surface area contributed by atoms with Crippen molar-refractivity contribution in [2.45, 2.75) is 56.7 Å². The molecule has 6 heteroatoms. The lowest BCUT2D eigenvalue weighted by Crippen LogP contribution is -2.70. The van der Waals surface area contributed by atoms with Gasteiger partial charge in [0.15, 0.2) is 6.29 Å². The van der Waals surface area contributed by atoms with Gasteiger partial charge in [0.25, 0.3) is 0 Å². The van der Waals surface area contributed by atoms with Gasteiger partial charge in [-0.3, -0.25) is 0 Å². The van der Waals surface area contributed by atoms with E-state index in [0.29, 0.717) is 0 Å². The van der Waals surface area contributed by atoms with E-state index in [0.717, 1.165) is 20.8 Å². The van der Waals surface area contributed by atoms with Gasteiger partial charge < -0.3 is 30.3 Å². The molecule has 5 atom stereocenters. The molecule has 96 valence electrons. The summed E-state index contributed by atoms with van der Waals surface area (Å²) in [6.07, 6.45) is -2.98. The monoisotopic (exact) mass is 236 g/mol. The molecule has 0 heterocycles. The first kappa shape index (κ1) is 15.5. The van der Waals surface area contributed by atoms with Crippen molar-refractivity contribution in [3.8, 4) is 0 Å². The molecule has 0 amide bonds. The van der Waals surface area contributed by atoms with Crippen molar-refractivity contribution in [1.29, 1.82) is 0 Å². The number of carbonyl (C=O) groups excluding carboxylic acids is 1. The fourth-order valence-electron chi connectivity index (χ4n) is 1.38. The van der Waals surface area contributed by atoms with E-state index in [2.05, 4.69) is 0 Å². The molecule has 0 bridgehead atoms. The Morgan fingerprint density at radius 1 is 1.06 bits per heavy atom. The molecule has 16 heavy (non-hydrogen) atoms. The van der Waals surface area contributed by atoms with E-state index >= 15 is 0 Å². The van der Waals surface area contributed by atoms with E-state index in [1.165, 1.54) is 6.92 Å². The van der Waals surface area contributed by atoms with Crippen molar-refractivity contribution >= 4 is 6.29 Å². The number of aldehydes is 1. The normalized spacial score (nSPS) is 27.1. The second-order valence-corrected chi connectivity index (χ2v) is 4.67. The molecule has 0 unspecified atom stereocenters. The predicted molar refractivity (Wildman–Crippen MR) is 55.6 cm³/mol. The average Bonchev–Trinajstić information content (AvgIpc) is 2.15. The maximum absolute atomic E-state index is 10.6. The van der Waals surface area contributed by atoms with Crippen LogP contribution in [0.5, 0.6) is 0 Å². The summed E-state index contributed by atoms with van der Waals surface area (Å²) in [7, 11) is 0. The first-order chi connectivity index (χ1) is 6.91. The zero-order valence-corrected chi connectivity index (χ0v) is 9.88. The van der Waals surface area contributed by atoms with E-state index in [9.17, 15) is 25.2 Å². The van der Waals surface area contributed by atoms with E-state index in [-0.39, 0.29) is 6.29 Å². The Balaban J connectivity index is 5.36. The van der Waals surface area contributed by atoms with Crippen LogP contribution >= 0.6 is 0 Å². The summed E-state index contributed by atoms with van der Waals surface area (Å²) >= 11 is 0. The Hall–Kier alpha value is -0.530. The number of hydrogen-bond acceptors (Lipinski definition) is 6. The molecular formula is C10H20O6. The smallest absolute Gasteiger partial charge is 0.154 e. The summed E-state index contributed by atoms with van der Waals surface area (Å²) in [5.41, 5.74) is -6.84. The number of carbonyl (C=O) groups is 1. The molecular weight excluding hydrogens is 216 g/mol. The van der Waals surface area contributed by atoms with Crippen molar-refractivity contribution in [3.63, 3.8) is 0 Å². The third-order valence-corrected chi connectivity index (χ3v) is 3.23. The van der Waals surface area contributed by atoms with Gasteiger partial charge >= 0.3 is 0 Å². The Kier molecular flexibility index (Phi) is 4.24. The minimum atomic E-state index is -2.32. The Labute approximate surface area is 94.2 Å². The van der Waals surface area contributed by atoms with Crippen molar-refractivity contribution in [2.75, 3.05) is 0 Å². The highest BCUT2D eigenvalue weighted by Crippen LogP contribution is 2.35. The number of aliphatic hydroxyl groups is 5. The average molecular weight is 236 g/mol. The van der Waals surface area contributed by atoms with Crippen molar-refractivity contribution in [2.24, 2.45) is 0 Å². The summed E-state index contributed by atoms with van der Waals surface area (Å²) in [5.74, 6) is 0. The Bertz CT molecular complexity index is 256. The van der Waals surface area contributed by atoms with Gasteiger partial charge in [0.1, 0.15) is 22.9 Å². The highest BCUT2D eigenvalue weighted by Gasteiger charge is 2.58. The van der Waals surface area contributed by atoms with Crippen molar-refractivity contribution in [1.82, 2.24) is 0 Å². The standard InChI is InChI=1S/C10H20O6/c1-6(12)7(13)9(3,15)10(4,16)8(2,14)5-11/h5-7,12-16H,1-4H3/t6-,7-,8+,9-,10-/m1/s1. The Morgan fingerprint density at radius 3 is 1.69 bits per heavy atom. The topological polar surface area (TPSA) is 118 Å². The van der Waals surface area contributed by atoms with Crippen molar-refractivity contribution < 1.29 is 30.3 Å². The zero-order chi connectivity index (χ0) is 13.4. The second-order valence-electron chi connectivity index (χ2n) is 4.67. The lowest BCUT2D eigenvalue weighted by atomic mass is 9.70. The summed E-state index contributed by atoms with van der Waals surface area (Å²) in [5, 5.41) is 48.3. The molecule has 0 saturated heterocycles. The molecule has 0 radical (unpaired) electrons. The third kappa shape index (κ3) is 2.26. The predicted octanol–water partition coefficient (Wildman–Crippen LogP) is -1.82. The van der Waals surface area contributed by atoms with Gasteiger partial charge in [0, 0.05) is 0 Å². The van der Waals surface area contributed by atoms with E-state index in [1.54, 1.807) is 0 Å². The van der Waals surface area contributed by atoms with Crippen LogP contribution in [0.2, 0.25) is 0 Å². The van der Waals surface area contributed by atoms with Crippen LogP contribution in [0.25, 0.3) is 0 Å². The molecule has 5 N–H and O–H groups in total. The molecule has 0 aliphatic rings. The zero-order valence-electron chi connectivity index (χ0n) is 9.88. The first-order valence-electron chi connectivity index (χ1n) is 4.91. The third-order valence-electron chi connectivity index (χ3n) is 3.23. The van der Waals surface area contributed by atoms with Gasteiger partial charge in [-0.1, -0.05) is 0 Å². The van der Waals surface area contributed by atoms with Crippen LogP contribution < -0.4 is 0 Å². The fraction of sp³-hybridized carbons (Fsp3) is 0.900. The van der Waals surface area contributed by atoms with Crippen LogP contribution in [0.15, 0.2) is 0 Å². The fourth-order valence-corrected chi connectivity index (χ4v) is 1.38. The summed E-state index contributed by atoms with van der Waals surface area (Å²) in [4.78, 5) is 10.6. The Morgan fingerprint density at radius 2 is 1.44 bits per heavy atom. The van der Waals surface area contributed by atoms with Gasteiger partial charge in [0.2, 0.25) is 0 Å². The highest BCUT2D eigenvalue weighted by atomic mass is 16.4. The van der Waals surface area contributed by atoms with Crippen LogP contribution in [0.3, 0.4) is 0 Å². The minimum absolute atomic E-state index is 0.0657. The van der Waals surface area contributed by atoms with Gasteiger partial charge in [0.05, 0.1) is 6.10 Å². The van der Waals surface area contributed by atoms with Crippen molar-refractivity contribution in [3.05, 3.63) is 0 Å². The molecule has 0 aromatic rings. The highest BCUT2D eigenvalue weighted by molar-refractivity contribution is 5.64. The molecule has 0 aromatic carbocycles. The van der Waals surface area contributed by atoms with Gasteiger partial charge in [-0.05, 0) is 27.7 Å². The molecule has 6 nitrogen and oxygen atoms in total. The van der Waals surface area contributed by atoms with Crippen LogP contribution in [0, 0.1) is 0 Å². The SMILES string of the molecule is C[C@@H](O)[C@@H](O)[C@@](C)(O)[C@](C)(O)[C@@](C)(O)C=O. The maximum Gasteiger partial charge on any atom is 0.154 e. The van der Waals surface area contributed by atoms with Gasteiger partial charge in [-0.25, -0.2) is 0 Å². The van der Waals surface area contributed by atoms with E-state index in [1.807, 2.05) is 0 Å². The maximum atomic E-state index is 10.6. The number of rotatable bonds is 5. The van der Waals surface area contributed by atoms with Gasteiger partial charge in [-0.15, -0.1) is 0 Å². The van der Waals surface area contributed by atoms with Crippen LogP contribution in [0.4, 0.5) is 0 Å². The molecule has 0 saturated carbocycles. The van der Waals surface area contributed by atoms with Crippen LogP contribution in [-0.4, -0.2) is 60.8 Å². The molecule has 0 rings (SSSR count). The van der Waals surface area contributed by atoms with E-state index < -0.39 is 29.0 Å². The van der Waals surface area contributed by atoms with Crippen LogP contribution in [-0.2, 0) is 4.79 Å². The molecule has 0 fully saturated rings. The quantitative estimate of drug-likeness (QED) is 0.359. The second kappa shape index (κ2) is 4.38. The summed E-state index contributed by atoms with van der Waals surface area (Å²) in [6, 6.07) is 0. The largest absolute Gasteiger partial charge is 0.391 e.